The van der Waals surface area contributed by atoms with Crippen molar-refractivity contribution in [3.63, 3.8) is 0 Å². The van der Waals surface area contributed by atoms with Crippen molar-refractivity contribution in [1.82, 2.24) is 20.4 Å². The van der Waals surface area contributed by atoms with Crippen molar-refractivity contribution >= 4 is 42.5 Å². The lowest BCUT2D eigenvalue weighted by Crippen LogP contribution is -2.54. The van der Waals surface area contributed by atoms with Crippen LogP contribution in [0.1, 0.15) is 46.0 Å². The average Bonchev–Trinajstić information content (AvgIpc) is 2.66. The number of hydrogen-bond donors (Lipinski definition) is 3. The lowest BCUT2D eigenvalue weighted by molar-refractivity contribution is -0.135. The van der Waals surface area contributed by atoms with E-state index in [0.29, 0.717) is 38.8 Å². The number of halogens is 2. The summed E-state index contributed by atoms with van der Waals surface area (Å²) in [6.07, 6.45) is 5.83. The maximum atomic E-state index is 12.3. The Balaban J connectivity index is 0.00000392. The van der Waals surface area contributed by atoms with Crippen LogP contribution in [0.25, 0.3) is 0 Å². The highest BCUT2D eigenvalue weighted by Crippen LogP contribution is 2.17. The summed E-state index contributed by atoms with van der Waals surface area (Å²) in [5.74, 6) is -0.290. The molecule has 0 aromatic rings. The van der Waals surface area contributed by atoms with Gasteiger partial charge in [-0.1, -0.05) is 33.1 Å². The smallest absolute Gasteiger partial charge is 0.242 e. The van der Waals surface area contributed by atoms with Crippen molar-refractivity contribution in [1.29, 1.82) is 0 Å². The Labute approximate surface area is 186 Å². The molecule has 8 nitrogen and oxygen atoms in total. The molecule has 1 saturated heterocycles. The zero-order valence-electron chi connectivity index (χ0n) is 17.5. The van der Waals surface area contributed by atoms with Gasteiger partial charge in [0.2, 0.25) is 17.7 Å². The van der Waals surface area contributed by atoms with Crippen molar-refractivity contribution in [3.05, 3.63) is 0 Å². The van der Waals surface area contributed by atoms with E-state index in [1.54, 1.807) is 4.90 Å². The number of carbonyl (C=O) groups excluding carboxylic acids is 3. The van der Waals surface area contributed by atoms with Crippen LogP contribution in [-0.2, 0) is 14.4 Å². The molecule has 1 saturated carbocycles. The van der Waals surface area contributed by atoms with E-state index >= 15 is 0 Å². The minimum absolute atomic E-state index is 0. The minimum Gasteiger partial charge on any atom is -0.352 e. The number of nitrogens with zero attached hydrogens (tertiary/aromatic N) is 2. The highest BCUT2D eigenvalue weighted by molar-refractivity contribution is 5.87. The van der Waals surface area contributed by atoms with Gasteiger partial charge in [0.15, 0.2) is 0 Å². The molecule has 1 aliphatic carbocycles. The van der Waals surface area contributed by atoms with E-state index in [-0.39, 0.29) is 55.0 Å². The fraction of sp³-hybridized carbons (Fsp3) is 0.842. The first kappa shape index (κ1) is 27.9. The molecule has 0 aromatic heterocycles. The molecule has 2 fully saturated rings. The molecule has 0 unspecified atom stereocenters. The maximum absolute atomic E-state index is 12.3. The van der Waals surface area contributed by atoms with Crippen molar-refractivity contribution in [2.75, 3.05) is 39.3 Å². The van der Waals surface area contributed by atoms with Gasteiger partial charge in [-0.15, -0.1) is 24.8 Å². The number of amides is 3. The summed E-state index contributed by atoms with van der Waals surface area (Å²) in [6.45, 7) is 6.58. The van der Waals surface area contributed by atoms with E-state index in [0.717, 1.165) is 12.8 Å². The van der Waals surface area contributed by atoms with Crippen LogP contribution < -0.4 is 16.4 Å². The van der Waals surface area contributed by atoms with Gasteiger partial charge in [-0.2, -0.15) is 0 Å². The van der Waals surface area contributed by atoms with Crippen molar-refractivity contribution in [3.8, 4) is 0 Å². The van der Waals surface area contributed by atoms with Gasteiger partial charge < -0.3 is 21.3 Å². The van der Waals surface area contributed by atoms with Crippen molar-refractivity contribution in [2.24, 2.45) is 11.7 Å². The van der Waals surface area contributed by atoms with E-state index in [2.05, 4.69) is 15.5 Å². The number of rotatable bonds is 7. The molecule has 0 radical (unpaired) electrons. The Morgan fingerprint density at radius 2 is 1.59 bits per heavy atom. The van der Waals surface area contributed by atoms with Gasteiger partial charge in [-0.05, 0) is 18.8 Å². The number of nitrogens with two attached hydrogens (primary N) is 1. The van der Waals surface area contributed by atoms with E-state index in [1.807, 2.05) is 13.8 Å². The molecule has 2 aliphatic rings. The van der Waals surface area contributed by atoms with E-state index < -0.39 is 6.04 Å². The first-order chi connectivity index (χ1) is 12.9. The second kappa shape index (κ2) is 14.0. The molecule has 1 atom stereocenters. The molecular formula is C19H37Cl2N5O3. The molecule has 29 heavy (non-hydrogen) atoms. The molecule has 1 aliphatic heterocycles. The van der Waals surface area contributed by atoms with Gasteiger partial charge in [0, 0.05) is 32.2 Å². The molecule has 170 valence electrons. The highest BCUT2D eigenvalue weighted by atomic mass is 35.5. The predicted octanol–water partition coefficient (Wildman–Crippen LogP) is 0.523. The number of carbonyl (C=O) groups is 3. The van der Waals surface area contributed by atoms with Crippen LogP contribution in [0, 0.1) is 5.92 Å². The number of hydrogen-bond acceptors (Lipinski definition) is 5. The summed E-state index contributed by atoms with van der Waals surface area (Å²) in [4.78, 5) is 40.1. The first-order valence-corrected chi connectivity index (χ1v) is 10.2. The third kappa shape index (κ3) is 9.51. The molecular weight excluding hydrogens is 417 g/mol. The lowest BCUT2D eigenvalue weighted by atomic mass is 9.95. The fourth-order valence-corrected chi connectivity index (χ4v) is 3.57. The Morgan fingerprint density at radius 1 is 1.00 bits per heavy atom. The third-order valence-corrected chi connectivity index (χ3v) is 5.50. The average molecular weight is 454 g/mol. The summed E-state index contributed by atoms with van der Waals surface area (Å²) in [6, 6.07) is -0.271. The number of piperazine rings is 1. The van der Waals surface area contributed by atoms with Crippen molar-refractivity contribution < 1.29 is 14.4 Å². The normalized spacial score (nSPS) is 19.0. The summed E-state index contributed by atoms with van der Waals surface area (Å²) < 4.78 is 0. The summed E-state index contributed by atoms with van der Waals surface area (Å²) in [7, 11) is 0. The second-order valence-corrected chi connectivity index (χ2v) is 8.05. The Kier molecular flexibility index (Phi) is 13.5. The van der Waals surface area contributed by atoms with Crippen LogP contribution in [-0.4, -0.2) is 78.9 Å². The van der Waals surface area contributed by atoms with Crippen LogP contribution >= 0.6 is 24.8 Å². The van der Waals surface area contributed by atoms with E-state index in [1.165, 1.54) is 19.3 Å². The van der Waals surface area contributed by atoms with Gasteiger partial charge in [0.25, 0.3) is 0 Å². The van der Waals surface area contributed by atoms with Crippen molar-refractivity contribution in [2.45, 2.75) is 58.0 Å². The summed E-state index contributed by atoms with van der Waals surface area (Å²) >= 11 is 0. The molecule has 1 heterocycles. The molecule has 3 amide bonds. The zero-order chi connectivity index (χ0) is 19.8. The topological polar surface area (TPSA) is 108 Å². The molecule has 0 aromatic carbocycles. The molecule has 2 rings (SSSR count). The Bertz CT molecular complexity index is 522. The SMILES string of the molecule is CC(C)[C@H](N)C(=O)NCC(=O)N1CCN(CC(=O)NC2CCCCC2)CC1.Cl.Cl. The summed E-state index contributed by atoms with van der Waals surface area (Å²) in [5.41, 5.74) is 5.77. The monoisotopic (exact) mass is 453 g/mol. The minimum atomic E-state index is -0.600. The molecule has 0 bridgehead atoms. The molecule has 10 heteroatoms. The van der Waals surface area contributed by atoms with Crippen LogP contribution in [0.15, 0.2) is 0 Å². The van der Waals surface area contributed by atoms with Gasteiger partial charge in [0.1, 0.15) is 0 Å². The van der Waals surface area contributed by atoms with Crippen LogP contribution in [0.3, 0.4) is 0 Å². The van der Waals surface area contributed by atoms with Gasteiger partial charge in [-0.25, -0.2) is 0 Å². The first-order valence-electron chi connectivity index (χ1n) is 10.2. The quantitative estimate of drug-likeness (QED) is 0.520. The second-order valence-electron chi connectivity index (χ2n) is 8.05. The number of nitrogens with one attached hydrogen (secondary N) is 2. The molecule has 0 spiro atoms. The highest BCUT2D eigenvalue weighted by Gasteiger charge is 2.24. The van der Waals surface area contributed by atoms with Gasteiger partial charge in [-0.3, -0.25) is 19.3 Å². The summed E-state index contributed by atoms with van der Waals surface area (Å²) in [5, 5.41) is 5.75. The Hall–Kier alpha value is -1.09. The van der Waals surface area contributed by atoms with Crippen LogP contribution in [0.2, 0.25) is 0 Å². The van der Waals surface area contributed by atoms with E-state index in [9.17, 15) is 14.4 Å². The van der Waals surface area contributed by atoms with Crippen LogP contribution in [0.5, 0.6) is 0 Å². The Morgan fingerprint density at radius 3 is 2.14 bits per heavy atom. The maximum Gasteiger partial charge on any atom is 0.242 e. The lowest BCUT2D eigenvalue weighted by Gasteiger charge is -2.35. The zero-order valence-corrected chi connectivity index (χ0v) is 19.2. The fourth-order valence-electron chi connectivity index (χ4n) is 3.57. The van der Waals surface area contributed by atoms with Gasteiger partial charge >= 0.3 is 0 Å². The van der Waals surface area contributed by atoms with Crippen LogP contribution in [0.4, 0.5) is 0 Å². The largest absolute Gasteiger partial charge is 0.352 e. The van der Waals surface area contributed by atoms with E-state index in [4.69, 9.17) is 5.73 Å². The predicted molar refractivity (Wildman–Crippen MR) is 118 cm³/mol. The molecule has 4 N–H and O–H groups in total. The third-order valence-electron chi connectivity index (χ3n) is 5.50. The van der Waals surface area contributed by atoms with Gasteiger partial charge in [0.05, 0.1) is 19.1 Å². The standard InChI is InChI=1S/C19H35N5O3.2ClH/c1-14(2)18(20)19(27)21-12-17(26)24-10-8-23(9-11-24)13-16(25)22-15-6-4-3-5-7-15;;/h14-15,18H,3-13,20H2,1-2H3,(H,21,27)(H,22,25);2*1H/t18-;;/m0../s1.